The summed E-state index contributed by atoms with van der Waals surface area (Å²) >= 11 is 1.42. The van der Waals surface area contributed by atoms with E-state index < -0.39 is 12.1 Å². The molecule has 0 saturated carbocycles. The number of unbranched alkanes of at least 4 members (excludes halogenated alkanes) is 24. The fourth-order valence-corrected chi connectivity index (χ4v) is 6.77. The lowest BCUT2D eigenvalue weighted by Gasteiger charge is -2.19. The highest BCUT2D eigenvalue weighted by Crippen LogP contribution is 2.16. The maximum absolute atomic E-state index is 12.6. The molecule has 0 aliphatic rings. The first-order valence-corrected chi connectivity index (χ1v) is 21.0. The highest BCUT2D eigenvalue weighted by Gasteiger charge is 2.19. The van der Waals surface area contributed by atoms with Crippen molar-refractivity contribution in [2.45, 2.75) is 206 Å². The van der Waals surface area contributed by atoms with Crippen molar-refractivity contribution in [3.8, 4) is 0 Å². The molecule has 278 valence electrons. The van der Waals surface area contributed by atoms with E-state index in [9.17, 15) is 14.4 Å². The lowest BCUT2D eigenvalue weighted by Crippen LogP contribution is -2.38. The third kappa shape index (κ3) is 33.2. The van der Waals surface area contributed by atoms with E-state index in [-0.39, 0.29) is 30.9 Å². The minimum Gasteiger partial charge on any atom is -0.462 e. The predicted octanol–water partition coefficient (Wildman–Crippen LogP) is 9.99. The summed E-state index contributed by atoms with van der Waals surface area (Å²) in [7, 11) is 0. The first kappa shape index (κ1) is 45.9. The van der Waals surface area contributed by atoms with Crippen LogP contribution in [0.5, 0.6) is 0 Å². The molecule has 7 nitrogen and oxygen atoms in total. The van der Waals surface area contributed by atoms with Gasteiger partial charge in [0.25, 0.3) is 0 Å². The van der Waals surface area contributed by atoms with Crippen LogP contribution in [0, 0.1) is 0 Å². The quantitative estimate of drug-likeness (QED) is 0.0490. The summed E-state index contributed by atoms with van der Waals surface area (Å²) in [6, 6.07) is -0.648. The van der Waals surface area contributed by atoms with Crippen LogP contribution in [-0.4, -0.2) is 54.5 Å². The smallest absolute Gasteiger partial charge is 0.306 e. The van der Waals surface area contributed by atoms with E-state index in [1.54, 1.807) is 0 Å². The van der Waals surface area contributed by atoms with Crippen molar-refractivity contribution in [3.63, 3.8) is 0 Å². The number of hydrogen-bond acceptors (Lipinski definition) is 8. The SMILES string of the molecule is CCCCCCCCCCCCCCCC(=O)OCC(CSCC(N)C(=O)CN)OC(=O)CCCCCCCCCCCCCCC. The molecule has 2 atom stereocenters. The maximum Gasteiger partial charge on any atom is 0.306 e. The van der Waals surface area contributed by atoms with Gasteiger partial charge in [0, 0.05) is 24.3 Å². The molecule has 47 heavy (non-hydrogen) atoms. The summed E-state index contributed by atoms with van der Waals surface area (Å²) in [5, 5.41) is 0. The van der Waals surface area contributed by atoms with E-state index in [4.69, 9.17) is 20.9 Å². The van der Waals surface area contributed by atoms with Gasteiger partial charge in [-0.1, -0.05) is 168 Å². The molecule has 0 aromatic heterocycles. The Hall–Kier alpha value is -1.12. The van der Waals surface area contributed by atoms with E-state index in [0.717, 1.165) is 38.5 Å². The average Bonchev–Trinajstić information content (AvgIpc) is 3.07. The Bertz CT molecular complexity index is 723. The molecule has 0 radical (unpaired) electrons. The molecule has 0 aliphatic carbocycles. The van der Waals surface area contributed by atoms with Crippen LogP contribution in [-0.2, 0) is 23.9 Å². The monoisotopic (exact) mass is 685 g/mol. The zero-order valence-electron chi connectivity index (χ0n) is 30.9. The second-order valence-electron chi connectivity index (χ2n) is 13.6. The lowest BCUT2D eigenvalue weighted by atomic mass is 10.0. The molecule has 8 heteroatoms. The molecule has 0 rings (SSSR count). The van der Waals surface area contributed by atoms with Gasteiger partial charge in [-0.3, -0.25) is 14.4 Å². The standard InChI is InChI=1S/C39H76N2O5S/c1-3-5-7-9-11-13-15-17-19-21-23-25-27-29-38(43)45-32-35(33-47-34-36(41)37(42)31-40)46-39(44)30-28-26-24-22-20-18-16-14-12-10-8-6-4-2/h35-36H,3-34,40-41H2,1-2H3. The molecule has 0 fully saturated rings. The molecule has 0 aliphatic heterocycles. The Labute approximate surface area is 294 Å². The summed E-state index contributed by atoms with van der Waals surface area (Å²) in [6.07, 6.45) is 32.9. The van der Waals surface area contributed by atoms with Gasteiger partial charge in [0.05, 0.1) is 12.6 Å². The summed E-state index contributed by atoms with van der Waals surface area (Å²) in [4.78, 5) is 36.7. The minimum absolute atomic E-state index is 0.0364. The first-order chi connectivity index (χ1) is 22.9. The van der Waals surface area contributed by atoms with Crippen molar-refractivity contribution in [2.75, 3.05) is 24.7 Å². The van der Waals surface area contributed by atoms with Gasteiger partial charge < -0.3 is 20.9 Å². The lowest BCUT2D eigenvalue weighted by molar-refractivity contribution is -0.157. The van der Waals surface area contributed by atoms with Crippen molar-refractivity contribution in [2.24, 2.45) is 11.5 Å². The van der Waals surface area contributed by atoms with Crippen molar-refractivity contribution in [1.82, 2.24) is 0 Å². The van der Waals surface area contributed by atoms with E-state index in [1.165, 1.54) is 140 Å². The van der Waals surface area contributed by atoms with Gasteiger partial charge in [-0.2, -0.15) is 11.8 Å². The third-order valence-corrected chi connectivity index (χ3v) is 10.1. The molecule has 0 bridgehead atoms. The van der Waals surface area contributed by atoms with Gasteiger partial charge in [-0.25, -0.2) is 0 Å². The summed E-state index contributed by atoms with van der Waals surface area (Å²) in [6.45, 7) is 4.47. The van der Waals surface area contributed by atoms with Crippen molar-refractivity contribution in [3.05, 3.63) is 0 Å². The Balaban J connectivity index is 4.13. The molecule has 0 aromatic rings. The summed E-state index contributed by atoms with van der Waals surface area (Å²) < 4.78 is 11.2. The maximum atomic E-state index is 12.6. The molecule has 0 aromatic carbocycles. The fourth-order valence-electron chi connectivity index (χ4n) is 5.76. The predicted molar refractivity (Wildman–Crippen MR) is 201 cm³/mol. The zero-order valence-corrected chi connectivity index (χ0v) is 31.7. The van der Waals surface area contributed by atoms with E-state index in [2.05, 4.69) is 13.8 Å². The largest absolute Gasteiger partial charge is 0.462 e. The second-order valence-corrected chi connectivity index (χ2v) is 14.7. The van der Waals surface area contributed by atoms with E-state index in [1.807, 2.05) is 0 Å². The molecular formula is C39H76N2O5S. The Morgan fingerprint density at radius 3 is 1.28 bits per heavy atom. The number of thioether (sulfide) groups is 1. The summed E-state index contributed by atoms with van der Waals surface area (Å²) in [5.74, 6) is 0.106. The number of Topliss-reactive ketones (excluding diaryl/α,β-unsaturated/α-hetero) is 1. The number of rotatable bonds is 37. The minimum atomic E-state index is -0.648. The van der Waals surface area contributed by atoms with Crippen LogP contribution in [0.25, 0.3) is 0 Å². The van der Waals surface area contributed by atoms with Crippen LogP contribution in [0.3, 0.4) is 0 Å². The first-order valence-electron chi connectivity index (χ1n) is 19.9. The molecular weight excluding hydrogens is 609 g/mol. The van der Waals surface area contributed by atoms with Gasteiger partial charge in [0.1, 0.15) is 12.7 Å². The van der Waals surface area contributed by atoms with Gasteiger partial charge in [-0.05, 0) is 12.8 Å². The van der Waals surface area contributed by atoms with Gasteiger partial charge in [-0.15, -0.1) is 0 Å². The van der Waals surface area contributed by atoms with Gasteiger partial charge in [0.15, 0.2) is 5.78 Å². The van der Waals surface area contributed by atoms with Crippen LogP contribution in [0.1, 0.15) is 194 Å². The Morgan fingerprint density at radius 2 is 0.894 bits per heavy atom. The molecule has 0 heterocycles. The van der Waals surface area contributed by atoms with Crippen LogP contribution in [0.4, 0.5) is 0 Å². The highest BCUT2D eigenvalue weighted by molar-refractivity contribution is 7.99. The molecule has 0 saturated heterocycles. The Kier molecular flexibility index (Phi) is 35.3. The number of carbonyl (C=O) groups excluding carboxylic acids is 3. The van der Waals surface area contributed by atoms with Crippen molar-refractivity contribution < 1.29 is 23.9 Å². The van der Waals surface area contributed by atoms with Gasteiger partial charge >= 0.3 is 11.9 Å². The van der Waals surface area contributed by atoms with Crippen LogP contribution in [0.15, 0.2) is 0 Å². The number of ether oxygens (including phenoxy) is 2. The fraction of sp³-hybridized carbons (Fsp3) is 0.923. The van der Waals surface area contributed by atoms with Crippen molar-refractivity contribution in [1.29, 1.82) is 0 Å². The Morgan fingerprint density at radius 1 is 0.532 bits per heavy atom. The van der Waals surface area contributed by atoms with Crippen molar-refractivity contribution >= 4 is 29.5 Å². The van der Waals surface area contributed by atoms with Crippen LogP contribution in [0.2, 0.25) is 0 Å². The van der Waals surface area contributed by atoms with E-state index >= 15 is 0 Å². The third-order valence-electron chi connectivity index (χ3n) is 8.91. The number of carbonyl (C=O) groups is 3. The average molecular weight is 685 g/mol. The number of nitrogens with two attached hydrogens (primary N) is 2. The molecule has 4 N–H and O–H groups in total. The van der Waals surface area contributed by atoms with Crippen LogP contribution >= 0.6 is 11.8 Å². The topological polar surface area (TPSA) is 122 Å². The molecule has 2 unspecified atom stereocenters. The van der Waals surface area contributed by atoms with E-state index in [0.29, 0.717) is 24.3 Å². The molecule has 0 spiro atoms. The summed E-state index contributed by atoms with van der Waals surface area (Å²) in [5.41, 5.74) is 11.3. The van der Waals surface area contributed by atoms with Crippen LogP contribution < -0.4 is 11.5 Å². The number of esters is 2. The highest BCUT2D eigenvalue weighted by atomic mass is 32.2. The zero-order chi connectivity index (χ0) is 34.6. The van der Waals surface area contributed by atoms with Gasteiger partial charge in [0.2, 0.25) is 0 Å². The molecule has 0 amide bonds. The number of hydrogen-bond donors (Lipinski definition) is 2. The number of ketones is 1. The normalized spacial score (nSPS) is 12.6. The second kappa shape index (κ2) is 36.2.